The summed E-state index contributed by atoms with van der Waals surface area (Å²) in [4.78, 5) is 0. The third kappa shape index (κ3) is 4.54. The van der Waals surface area contributed by atoms with Crippen LogP contribution in [0.2, 0.25) is 0 Å². The largest absolute Gasteiger partial charge is 0.497 e. The Balaban J connectivity index is 2.31. The van der Waals surface area contributed by atoms with Crippen LogP contribution in [-0.2, 0) is 6.54 Å². The van der Waals surface area contributed by atoms with Gasteiger partial charge in [0.25, 0.3) is 0 Å². The quantitative estimate of drug-likeness (QED) is 0.755. The molecule has 0 aliphatic rings. The minimum absolute atomic E-state index is 0.518. The molecule has 1 unspecified atom stereocenters. The molecule has 15 heavy (non-hydrogen) atoms. The van der Waals surface area contributed by atoms with Gasteiger partial charge in [0, 0.05) is 12.4 Å². The van der Waals surface area contributed by atoms with E-state index in [4.69, 9.17) is 16.3 Å². The zero-order valence-corrected chi connectivity index (χ0v) is 10.1. The van der Waals surface area contributed by atoms with E-state index in [9.17, 15) is 0 Å². The van der Waals surface area contributed by atoms with Crippen molar-refractivity contribution in [3.8, 4) is 5.75 Å². The van der Waals surface area contributed by atoms with Crippen molar-refractivity contribution in [3.05, 3.63) is 29.8 Å². The molecule has 2 nitrogen and oxygen atoms in total. The number of hydrogen-bond acceptors (Lipinski definition) is 2. The Bertz CT molecular complexity index is 273. The van der Waals surface area contributed by atoms with E-state index in [0.29, 0.717) is 11.8 Å². The first-order chi connectivity index (χ1) is 7.26. The Morgan fingerprint density at radius 3 is 2.53 bits per heavy atom. The number of ether oxygens (including phenoxy) is 1. The second-order valence-electron chi connectivity index (χ2n) is 3.74. The molecular weight excluding hydrogens is 210 g/mol. The Morgan fingerprint density at radius 2 is 2.00 bits per heavy atom. The minimum Gasteiger partial charge on any atom is -0.497 e. The highest BCUT2D eigenvalue weighted by Crippen LogP contribution is 2.10. The van der Waals surface area contributed by atoms with Crippen molar-refractivity contribution in [2.75, 3.05) is 19.5 Å². The first-order valence-corrected chi connectivity index (χ1v) is 5.69. The molecule has 3 heteroatoms. The Morgan fingerprint density at radius 1 is 1.33 bits per heavy atom. The highest BCUT2D eigenvalue weighted by atomic mass is 35.5. The van der Waals surface area contributed by atoms with Gasteiger partial charge in [0.05, 0.1) is 7.11 Å². The number of nitrogens with one attached hydrogen (secondary N) is 1. The molecule has 1 N–H and O–H groups in total. The fraction of sp³-hybridized carbons (Fsp3) is 0.500. The van der Waals surface area contributed by atoms with Gasteiger partial charge in [-0.25, -0.2) is 0 Å². The van der Waals surface area contributed by atoms with Gasteiger partial charge >= 0.3 is 0 Å². The number of methoxy groups -OCH3 is 1. The molecular formula is C12H18ClNO. The lowest BCUT2D eigenvalue weighted by Gasteiger charge is -2.09. The van der Waals surface area contributed by atoms with Crippen LogP contribution in [0, 0.1) is 5.92 Å². The van der Waals surface area contributed by atoms with Gasteiger partial charge in [0.2, 0.25) is 0 Å². The molecule has 0 spiro atoms. The predicted molar refractivity (Wildman–Crippen MR) is 64.6 cm³/mol. The lowest BCUT2D eigenvalue weighted by Crippen LogP contribution is -2.21. The third-order valence-electron chi connectivity index (χ3n) is 2.24. The molecule has 1 aromatic rings. The van der Waals surface area contributed by atoms with Crippen LogP contribution in [0.5, 0.6) is 5.75 Å². The van der Waals surface area contributed by atoms with Crippen LogP contribution >= 0.6 is 11.6 Å². The average Bonchev–Trinajstić information content (AvgIpc) is 2.29. The second kappa shape index (κ2) is 6.70. The standard InChI is InChI=1S/C12H18ClNO/c1-10(7-13)8-14-9-11-3-5-12(15-2)6-4-11/h3-6,10,14H,7-9H2,1-2H3. The van der Waals surface area contributed by atoms with Crippen molar-refractivity contribution in [2.24, 2.45) is 5.92 Å². The molecule has 1 atom stereocenters. The summed E-state index contributed by atoms with van der Waals surface area (Å²) in [5.74, 6) is 2.12. The van der Waals surface area contributed by atoms with Gasteiger partial charge in [-0.1, -0.05) is 19.1 Å². The highest BCUT2D eigenvalue weighted by molar-refractivity contribution is 6.18. The van der Waals surface area contributed by atoms with Gasteiger partial charge in [-0.3, -0.25) is 0 Å². The summed E-state index contributed by atoms with van der Waals surface area (Å²) in [6.07, 6.45) is 0. The maximum atomic E-state index is 5.72. The maximum absolute atomic E-state index is 5.72. The van der Waals surface area contributed by atoms with Crippen LogP contribution in [0.4, 0.5) is 0 Å². The normalized spacial score (nSPS) is 12.5. The van der Waals surface area contributed by atoms with Crippen molar-refractivity contribution in [3.63, 3.8) is 0 Å². The third-order valence-corrected chi connectivity index (χ3v) is 2.77. The zero-order valence-electron chi connectivity index (χ0n) is 9.29. The summed E-state index contributed by atoms with van der Waals surface area (Å²) in [5.41, 5.74) is 1.26. The van der Waals surface area contributed by atoms with Gasteiger partial charge in [0.15, 0.2) is 0 Å². The van der Waals surface area contributed by atoms with Crippen LogP contribution in [-0.4, -0.2) is 19.5 Å². The lowest BCUT2D eigenvalue weighted by molar-refractivity contribution is 0.414. The average molecular weight is 228 g/mol. The summed E-state index contributed by atoms with van der Waals surface area (Å²) >= 11 is 5.72. The first-order valence-electron chi connectivity index (χ1n) is 5.16. The van der Waals surface area contributed by atoms with Crippen molar-refractivity contribution in [2.45, 2.75) is 13.5 Å². The van der Waals surface area contributed by atoms with Gasteiger partial charge in [0.1, 0.15) is 5.75 Å². The molecule has 0 aromatic heterocycles. The van der Waals surface area contributed by atoms with Crippen molar-refractivity contribution in [1.82, 2.24) is 5.32 Å². The van der Waals surface area contributed by atoms with E-state index in [2.05, 4.69) is 24.4 Å². The van der Waals surface area contributed by atoms with Crippen molar-refractivity contribution in [1.29, 1.82) is 0 Å². The molecule has 0 aliphatic carbocycles. The molecule has 0 heterocycles. The molecule has 1 rings (SSSR count). The summed E-state index contributed by atoms with van der Waals surface area (Å²) in [7, 11) is 1.68. The summed E-state index contributed by atoms with van der Waals surface area (Å²) in [6.45, 7) is 3.97. The number of benzene rings is 1. The van der Waals surface area contributed by atoms with Gasteiger partial charge in [-0.15, -0.1) is 11.6 Å². The minimum atomic E-state index is 0.518. The smallest absolute Gasteiger partial charge is 0.118 e. The Labute approximate surface area is 96.6 Å². The number of hydrogen-bond donors (Lipinski definition) is 1. The van der Waals surface area contributed by atoms with Crippen LogP contribution in [0.15, 0.2) is 24.3 Å². The maximum Gasteiger partial charge on any atom is 0.118 e. The number of halogens is 1. The second-order valence-corrected chi connectivity index (χ2v) is 4.05. The van der Waals surface area contributed by atoms with E-state index < -0.39 is 0 Å². The highest BCUT2D eigenvalue weighted by Gasteiger charge is 1.99. The van der Waals surface area contributed by atoms with Crippen molar-refractivity contribution >= 4 is 11.6 Å². The summed E-state index contributed by atoms with van der Waals surface area (Å²) < 4.78 is 5.09. The van der Waals surface area contributed by atoms with Crippen LogP contribution in [0.3, 0.4) is 0 Å². The predicted octanol–water partition coefficient (Wildman–Crippen LogP) is 2.66. The molecule has 0 radical (unpaired) electrons. The number of rotatable bonds is 6. The Hall–Kier alpha value is -0.730. The van der Waals surface area contributed by atoms with Crippen molar-refractivity contribution < 1.29 is 4.74 Å². The molecule has 1 aromatic carbocycles. The van der Waals surface area contributed by atoms with Crippen LogP contribution in [0.1, 0.15) is 12.5 Å². The van der Waals surface area contributed by atoms with E-state index in [-0.39, 0.29) is 0 Å². The van der Waals surface area contributed by atoms with E-state index in [1.54, 1.807) is 7.11 Å². The van der Waals surface area contributed by atoms with Gasteiger partial charge < -0.3 is 10.1 Å². The molecule has 0 fully saturated rings. The summed E-state index contributed by atoms with van der Waals surface area (Å²) in [6, 6.07) is 8.08. The monoisotopic (exact) mass is 227 g/mol. The van der Waals surface area contributed by atoms with E-state index in [1.165, 1.54) is 5.56 Å². The lowest BCUT2D eigenvalue weighted by atomic mass is 10.2. The number of alkyl halides is 1. The Kier molecular flexibility index (Phi) is 5.51. The SMILES string of the molecule is COc1ccc(CNCC(C)CCl)cc1. The zero-order chi connectivity index (χ0) is 11.1. The van der Waals surface area contributed by atoms with Crippen LogP contribution in [0.25, 0.3) is 0 Å². The van der Waals surface area contributed by atoms with Gasteiger partial charge in [-0.05, 0) is 30.2 Å². The fourth-order valence-electron chi connectivity index (χ4n) is 1.26. The molecule has 0 bridgehead atoms. The molecule has 0 amide bonds. The van der Waals surface area contributed by atoms with E-state index >= 15 is 0 Å². The van der Waals surface area contributed by atoms with E-state index in [1.807, 2.05) is 12.1 Å². The van der Waals surface area contributed by atoms with E-state index in [0.717, 1.165) is 18.8 Å². The molecule has 0 aliphatic heterocycles. The molecule has 0 saturated carbocycles. The first kappa shape index (κ1) is 12.3. The van der Waals surface area contributed by atoms with Crippen LogP contribution < -0.4 is 10.1 Å². The fourth-order valence-corrected chi connectivity index (χ4v) is 1.37. The van der Waals surface area contributed by atoms with Gasteiger partial charge in [-0.2, -0.15) is 0 Å². The molecule has 0 saturated heterocycles. The summed E-state index contributed by atoms with van der Waals surface area (Å²) in [5, 5.41) is 3.36. The topological polar surface area (TPSA) is 21.3 Å². The molecule has 84 valence electrons.